The normalized spacial score (nSPS) is 11.4. The van der Waals surface area contributed by atoms with Crippen molar-refractivity contribution in [3.05, 3.63) is 94.2 Å². The third-order valence-corrected chi connectivity index (χ3v) is 6.31. The lowest BCUT2D eigenvalue weighted by Crippen LogP contribution is -2.42. The smallest absolute Gasteiger partial charge is 0.287 e. The van der Waals surface area contributed by atoms with Crippen LogP contribution in [0.2, 0.25) is 0 Å². The first-order valence-electron chi connectivity index (χ1n) is 9.99. The highest BCUT2D eigenvalue weighted by atomic mass is 32.2. The van der Waals surface area contributed by atoms with Crippen LogP contribution in [0.5, 0.6) is 0 Å². The molecule has 0 unspecified atom stereocenters. The van der Waals surface area contributed by atoms with Gasteiger partial charge in [-0.3, -0.25) is 19.8 Å². The molecule has 0 spiro atoms. The minimum absolute atomic E-state index is 0.0210. The van der Waals surface area contributed by atoms with E-state index in [2.05, 4.69) is 10.5 Å². The Kier molecular flexibility index (Phi) is 6.01. The molecule has 0 saturated heterocycles. The molecule has 0 fully saturated rings. The number of hydrogen-bond acceptors (Lipinski definition) is 6. The number of amides is 2. The molecule has 11 nitrogen and oxygen atoms in total. The summed E-state index contributed by atoms with van der Waals surface area (Å²) in [5.74, 6) is -1.67. The number of nitrogens with one attached hydrogen (secondary N) is 2. The summed E-state index contributed by atoms with van der Waals surface area (Å²) in [5, 5.41) is 4.73. The van der Waals surface area contributed by atoms with E-state index in [1.54, 1.807) is 24.3 Å². The Hall–Kier alpha value is -4.29. The SMILES string of the molecule is Cn1cc(S(=O)(=O)NNC(=O)c2nn(Cc3ccccc3)c(=O)c3ccccc23)cc1C(N)=O. The van der Waals surface area contributed by atoms with Crippen LogP contribution in [-0.4, -0.2) is 34.6 Å². The summed E-state index contributed by atoms with van der Waals surface area (Å²) >= 11 is 0. The first-order valence-corrected chi connectivity index (χ1v) is 11.5. The summed E-state index contributed by atoms with van der Waals surface area (Å²) in [6, 6.07) is 16.6. The van der Waals surface area contributed by atoms with Gasteiger partial charge in [-0.25, -0.2) is 13.1 Å². The van der Waals surface area contributed by atoms with Crippen molar-refractivity contribution in [1.29, 1.82) is 0 Å². The van der Waals surface area contributed by atoms with Gasteiger partial charge in [0.1, 0.15) is 10.6 Å². The van der Waals surface area contributed by atoms with E-state index < -0.39 is 21.8 Å². The minimum atomic E-state index is -4.23. The van der Waals surface area contributed by atoms with Crippen LogP contribution in [0.4, 0.5) is 0 Å². The molecule has 4 aromatic rings. The van der Waals surface area contributed by atoms with Crippen LogP contribution in [0.15, 0.2) is 76.6 Å². The Balaban J connectivity index is 1.66. The molecule has 2 heterocycles. The maximum Gasteiger partial charge on any atom is 0.287 e. The number of sulfonamides is 1. The summed E-state index contributed by atoms with van der Waals surface area (Å²) < 4.78 is 27.6. The van der Waals surface area contributed by atoms with Crippen molar-refractivity contribution in [1.82, 2.24) is 24.6 Å². The molecule has 0 saturated carbocycles. The van der Waals surface area contributed by atoms with Gasteiger partial charge in [0.15, 0.2) is 5.69 Å². The van der Waals surface area contributed by atoms with E-state index in [0.29, 0.717) is 0 Å². The van der Waals surface area contributed by atoms with Crippen LogP contribution < -0.4 is 21.5 Å². The average molecular weight is 481 g/mol. The molecule has 0 atom stereocenters. The Morgan fingerprint density at radius 2 is 1.68 bits per heavy atom. The Morgan fingerprint density at radius 1 is 1.03 bits per heavy atom. The third kappa shape index (κ3) is 4.44. The number of hydrazine groups is 1. The van der Waals surface area contributed by atoms with Gasteiger partial charge in [0.2, 0.25) is 0 Å². The van der Waals surface area contributed by atoms with Gasteiger partial charge in [0.05, 0.1) is 11.9 Å². The lowest BCUT2D eigenvalue weighted by molar-refractivity contribution is 0.0938. The Labute approximate surface area is 193 Å². The molecule has 0 aliphatic carbocycles. The fourth-order valence-corrected chi connectivity index (χ4v) is 4.33. The number of carbonyl (C=O) groups excluding carboxylic acids is 2. The van der Waals surface area contributed by atoms with Crippen molar-refractivity contribution in [2.24, 2.45) is 12.8 Å². The summed E-state index contributed by atoms with van der Waals surface area (Å²) in [7, 11) is -2.76. The zero-order valence-corrected chi connectivity index (χ0v) is 18.7. The molecule has 4 N–H and O–H groups in total. The number of nitrogens with two attached hydrogens (primary N) is 1. The number of fused-ring (bicyclic) bond motifs is 1. The second-order valence-corrected chi connectivity index (χ2v) is 9.12. The van der Waals surface area contributed by atoms with Crippen molar-refractivity contribution in [2.45, 2.75) is 11.4 Å². The van der Waals surface area contributed by atoms with E-state index in [1.165, 1.54) is 17.8 Å². The summed E-state index contributed by atoms with van der Waals surface area (Å²) in [5.41, 5.74) is 7.59. The van der Waals surface area contributed by atoms with E-state index in [0.717, 1.165) is 16.3 Å². The number of carbonyl (C=O) groups is 2. The van der Waals surface area contributed by atoms with Crippen LogP contribution >= 0.6 is 0 Å². The summed E-state index contributed by atoms with van der Waals surface area (Å²) in [4.78, 5) is 39.0. The molecule has 12 heteroatoms. The first-order chi connectivity index (χ1) is 16.2. The molecular weight excluding hydrogens is 460 g/mol. The second kappa shape index (κ2) is 8.92. The molecule has 0 radical (unpaired) electrons. The molecule has 0 aliphatic rings. The van der Waals surface area contributed by atoms with Crippen LogP contribution in [0.3, 0.4) is 0 Å². The number of primary amides is 1. The van der Waals surface area contributed by atoms with E-state index in [4.69, 9.17) is 5.73 Å². The molecule has 0 aliphatic heterocycles. The number of nitrogens with zero attached hydrogens (tertiary/aromatic N) is 3. The predicted molar refractivity (Wildman–Crippen MR) is 123 cm³/mol. The Morgan fingerprint density at radius 3 is 2.32 bits per heavy atom. The molecule has 174 valence electrons. The van der Waals surface area contributed by atoms with Crippen molar-refractivity contribution < 1.29 is 18.0 Å². The zero-order valence-electron chi connectivity index (χ0n) is 17.9. The molecule has 0 bridgehead atoms. The monoisotopic (exact) mass is 480 g/mol. The highest BCUT2D eigenvalue weighted by Crippen LogP contribution is 2.15. The van der Waals surface area contributed by atoms with Gasteiger partial charge in [-0.05, 0) is 17.7 Å². The number of benzene rings is 2. The topological polar surface area (TPSA) is 158 Å². The van der Waals surface area contributed by atoms with Crippen molar-refractivity contribution in [3.8, 4) is 0 Å². The number of aromatic nitrogens is 3. The maximum atomic E-state index is 12.9. The minimum Gasteiger partial charge on any atom is -0.364 e. The number of hydrogen-bond donors (Lipinski definition) is 3. The molecule has 4 rings (SSSR count). The van der Waals surface area contributed by atoms with Gasteiger partial charge in [0.25, 0.3) is 27.4 Å². The van der Waals surface area contributed by atoms with Gasteiger partial charge < -0.3 is 10.3 Å². The highest BCUT2D eigenvalue weighted by Gasteiger charge is 2.22. The van der Waals surface area contributed by atoms with Gasteiger partial charge in [-0.15, -0.1) is 4.83 Å². The van der Waals surface area contributed by atoms with Crippen LogP contribution in [0, 0.1) is 0 Å². The fraction of sp³-hybridized carbons (Fsp3) is 0.0909. The van der Waals surface area contributed by atoms with E-state index >= 15 is 0 Å². The quantitative estimate of drug-likeness (QED) is 0.327. The fourth-order valence-electron chi connectivity index (χ4n) is 3.42. The van der Waals surface area contributed by atoms with Gasteiger partial charge in [-0.1, -0.05) is 48.5 Å². The highest BCUT2D eigenvalue weighted by molar-refractivity contribution is 7.89. The lowest BCUT2D eigenvalue weighted by Gasteiger charge is -2.12. The van der Waals surface area contributed by atoms with Crippen LogP contribution in [0.25, 0.3) is 10.8 Å². The molecule has 34 heavy (non-hydrogen) atoms. The van der Waals surface area contributed by atoms with Crippen LogP contribution in [0.1, 0.15) is 26.5 Å². The van der Waals surface area contributed by atoms with E-state index in [9.17, 15) is 22.8 Å². The van der Waals surface area contributed by atoms with Gasteiger partial charge >= 0.3 is 0 Å². The van der Waals surface area contributed by atoms with E-state index in [1.807, 2.05) is 35.2 Å². The molecule has 2 amide bonds. The van der Waals surface area contributed by atoms with Crippen molar-refractivity contribution in [2.75, 3.05) is 0 Å². The maximum absolute atomic E-state index is 12.9. The molecule has 2 aromatic carbocycles. The second-order valence-electron chi connectivity index (χ2n) is 7.44. The van der Waals surface area contributed by atoms with Crippen molar-refractivity contribution >= 4 is 32.6 Å². The molecule has 2 aromatic heterocycles. The standard InChI is InChI=1S/C22H20N6O5S/c1-27-13-15(11-18(27)20(23)29)34(32,33)26-24-21(30)19-16-9-5-6-10-17(16)22(31)28(25-19)12-14-7-3-2-4-8-14/h2-11,13,26H,12H2,1H3,(H2,23,29)(H,24,30). The predicted octanol–water partition coefficient (Wildman–Crippen LogP) is 0.506. The zero-order chi connectivity index (χ0) is 24.5. The Bertz CT molecular complexity index is 1570. The summed E-state index contributed by atoms with van der Waals surface area (Å²) in [6.45, 7) is 0.121. The summed E-state index contributed by atoms with van der Waals surface area (Å²) in [6.07, 6.45) is 1.18. The van der Waals surface area contributed by atoms with Crippen molar-refractivity contribution in [3.63, 3.8) is 0 Å². The number of aryl methyl sites for hydroxylation is 1. The number of rotatable bonds is 7. The average Bonchev–Trinajstić information content (AvgIpc) is 3.23. The third-order valence-electron chi connectivity index (χ3n) is 5.10. The first kappa shape index (κ1) is 22.9. The largest absolute Gasteiger partial charge is 0.364 e. The van der Waals surface area contributed by atoms with Gasteiger partial charge in [0, 0.05) is 18.6 Å². The van der Waals surface area contributed by atoms with Gasteiger partial charge in [-0.2, -0.15) is 5.10 Å². The molecular formula is C22H20N6O5S. The lowest BCUT2D eigenvalue weighted by atomic mass is 10.1. The van der Waals surface area contributed by atoms with Crippen LogP contribution in [-0.2, 0) is 23.6 Å². The van der Waals surface area contributed by atoms with E-state index in [-0.39, 0.29) is 39.2 Å².